The van der Waals surface area contributed by atoms with Crippen LogP contribution in [0.15, 0.2) is 59.5 Å². The van der Waals surface area contributed by atoms with Gasteiger partial charge in [-0.3, -0.25) is 25.2 Å². The lowest BCUT2D eigenvalue weighted by Crippen LogP contribution is -2.54. The van der Waals surface area contributed by atoms with Crippen molar-refractivity contribution in [1.82, 2.24) is 20.5 Å². The van der Waals surface area contributed by atoms with Crippen molar-refractivity contribution < 1.29 is 27.5 Å². The molecule has 0 aliphatic carbocycles. The monoisotopic (exact) mass is 488 g/mol. The van der Waals surface area contributed by atoms with Crippen molar-refractivity contribution in [2.75, 3.05) is 26.3 Å². The highest BCUT2D eigenvalue weighted by Gasteiger charge is 2.28. The smallest absolute Gasteiger partial charge is 0.269 e. The van der Waals surface area contributed by atoms with E-state index in [9.17, 15) is 22.8 Å². The van der Waals surface area contributed by atoms with Crippen LogP contribution in [0.4, 0.5) is 0 Å². The summed E-state index contributed by atoms with van der Waals surface area (Å²) in [5.74, 6) is -2.02. The van der Waals surface area contributed by atoms with Gasteiger partial charge in [0.1, 0.15) is 6.04 Å². The van der Waals surface area contributed by atoms with Gasteiger partial charge in [-0.15, -0.1) is 0 Å². The maximum atomic E-state index is 12.9. The second kappa shape index (κ2) is 11.2. The number of benzene rings is 2. The summed E-state index contributed by atoms with van der Waals surface area (Å²) >= 11 is 0. The highest BCUT2D eigenvalue weighted by atomic mass is 32.2. The molecule has 2 aromatic rings. The maximum absolute atomic E-state index is 12.9. The van der Waals surface area contributed by atoms with Crippen molar-refractivity contribution >= 4 is 27.7 Å². The SMILES string of the molecule is CC(C)[C@H](NC(=O)c1cccc(S(=O)(=O)N2CCOCC2)c1)C(=O)NNC(=O)c1ccccc1. The zero-order valence-corrected chi connectivity index (χ0v) is 19.8. The van der Waals surface area contributed by atoms with Crippen LogP contribution in [0.5, 0.6) is 0 Å². The van der Waals surface area contributed by atoms with Crippen LogP contribution < -0.4 is 16.2 Å². The molecule has 0 saturated carbocycles. The summed E-state index contributed by atoms with van der Waals surface area (Å²) in [5, 5.41) is 2.62. The number of nitrogens with one attached hydrogen (secondary N) is 3. The molecule has 1 saturated heterocycles. The van der Waals surface area contributed by atoms with E-state index < -0.39 is 33.8 Å². The highest BCUT2D eigenvalue weighted by molar-refractivity contribution is 7.89. The molecule has 0 aromatic heterocycles. The first-order valence-corrected chi connectivity index (χ1v) is 12.3. The zero-order chi connectivity index (χ0) is 24.7. The Morgan fingerprint density at radius 2 is 1.53 bits per heavy atom. The van der Waals surface area contributed by atoms with E-state index in [1.54, 1.807) is 44.2 Å². The predicted molar refractivity (Wildman–Crippen MR) is 124 cm³/mol. The lowest BCUT2D eigenvalue weighted by molar-refractivity contribution is -0.124. The Hall–Kier alpha value is -3.28. The van der Waals surface area contributed by atoms with E-state index >= 15 is 0 Å². The van der Waals surface area contributed by atoms with E-state index in [2.05, 4.69) is 16.2 Å². The number of carbonyl (C=O) groups is 3. The molecule has 34 heavy (non-hydrogen) atoms. The molecule has 10 nitrogen and oxygen atoms in total. The van der Waals surface area contributed by atoms with Crippen LogP contribution in [0.3, 0.4) is 0 Å². The van der Waals surface area contributed by atoms with Crippen LogP contribution in [0.1, 0.15) is 34.6 Å². The van der Waals surface area contributed by atoms with E-state index in [0.717, 1.165) is 0 Å². The number of morpholine rings is 1. The topological polar surface area (TPSA) is 134 Å². The summed E-state index contributed by atoms with van der Waals surface area (Å²) in [5.41, 5.74) is 5.12. The van der Waals surface area contributed by atoms with Gasteiger partial charge in [-0.05, 0) is 36.2 Å². The Kier molecular flexibility index (Phi) is 8.37. The highest BCUT2D eigenvalue weighted by Crippen LogP contribution is 2.18. The minimum absolute atomic E-state index is 0.0114. The van der Waals surface area contributed by atoms with E-state index in [1.807, 2.05) is 0 Å². The maximum Gasteiger partial charge on any atom is 0.269 e. The molecule has 11 heteroatoms. The van der Waals surface area contributed by atoms with E-state index in [0.29, 0.717) is 18.8 Å². The van der Waals surface area contributed by atoms with Crippen LogP contribution in [-0.4, -0.2) is 62.8 Å². The first-order valence-electron chi connectivity index (χ1n) is 10.8. The van der Waals surface area contributed by atoms with Gasteiger partial charge in [0.05, 0.1) is 18.1 Å². The molecule has 3 rings (SSSR count). The van der Waals surface area contributed by atoms with Gasteiger partial charge in [0.15, 0.2) is 0 Å². The fraction of sp³-hybridized carbons (Fsp3) is 0.348. The first-order chi connectivity index (χ1) is 16.2. The fourth-order valence-corrected chi connectivity index (χ4v) is 4.81. The molecule has 0 radical (unpaired) electrons. The largest absolute Gasteiger partial charge is 0.379 e. The van der Waals surface area contributed by atoms with Crippen molar-refractivity contribution in [3.8, 4) is 0 Å². The molecule has 0 unspecified atom stereocenters. The molecule has 1 aliphatic heterocycles. The molecule has 182 valence electrons. The zero-order valence-electron chi connectivity index (χ0n) is 19.0. The van der Waals surface area contributed by atoms with Gasteiger partial charge in [-0.25, -0.2) is 8.42 Å². The van der Waals surface area contributed by atoms with Crippen molar-refractivity contribution in [2.45, 2.75) is 24.8 Å². The minimum atomic E-state index is -3.78. The summed E-state index contributed by atoms with van der Waals surface area (Å²) in [7, 11) is -3.78. The molecule has 0 spiro atoms. The van der Waals surface area contributed by atoms with Crippen LogP contribution in [0.25, 0.3) is 0 Å². The lowest BCUT2D eigenvalue weighted by Gasteiger charge is -2.26. The third-order valence-corrected chi connectivity index (χ3v) is 7.17. The van der Waals surface area contributed by atoms with Crippen molar-refractivity contribution in [2.24, 2.45) is 5.92 Å². The average Bonchev–Trinajstić information content (AvgIpc) is 2.86. The van der Waals surface area contributed by atoms with Crippen molar-refractivity contribution in [3.63, 3.8) is 0 Å². The van der Waals surface area contributed by atoms with Gasteiger partial charge in [0.2, 0.25) is 10.0 Å². The molecule has 1 aliphatic rings. The second-order valence-electron chi connectivity index (χ2n) is 8.05. The molecule has 3 N–H and O–H groups in total. The van der Waals surface area contributed by atoms with Crippen molar-refractivity contribution in [1.29, 1.82) is 0 Å². The van der Waals surface area contributed by atoms with Crippen LogP contribution in [0.2, 0.25) is 0 Å². The third-order valence-electron chi connectivity index (χ3n) is 5.27. The molecule has 0 bridgehead atoms. The predicted octanol–water partition coefficient (Wildman–Crippen LogP) is 0.923. The van der Waals surface area contributed by atoms with Gasteiger partial charge in [0, 0.05) is 24.2 Å². The number of rotatable bonds is 7. The lowest BCUT2D eigenvalue weighted by atomic mass is 10.0. The number of carbonyl (C=O) groups excluding carboxylic acids is 3. The molecular weight excluding hydrogens is 460 g/mol. The van der Waals surface area contributed by atoms with Crippen LogP contribution >= 0.6 is 0 Å². The quantitative estimate of drug-likeness (QED) is 0.497. The number of ether oxygens (including phenoxy) is 1. The van der Waals surface area contributed by atoms with E-state index in [1.165, 1.54) is 28.6 Å². The molecule has 1 atom stereocenters. The van der Waals surface area contributed by atoms with E-state index in [-0.39, 0.29) is 29.5 Å². The second-order valence-corrected chi connectivity index (χ2v) is 9.99. The number of amides is 3. The standard InChI is InChI=1S/C23H28N4O6S/c1-16(2)20(23(30)26-25-22(29)17-7-4-3-5-8-17)24-21(28)18-9-6-10-19(15-18)34(31,32)27-11-13-33-14-12-27/h3-10,15-16,20H,11-14H2,1-2H3,(H,24,28)(H,25,29)(H,26,30)/t20-/m0/s1. The van der Waals surface area contributed by atoms with E-state index in [4.69, 9.17) is 4.74 Å². The van der Waals surface area contributed by atoms with Gasteiger partial charge in [-0.1, -0.05) is 38.1 Å². The van der Waals surface area contributed by atoms with Gasteiger partial charge < -0.3 is 10.1 Å². The molecule has 3 amide bonds. The summed E-state index contributed by atoms with van der Waals surface area (Å²) < 4.78 is 32.3. The van der Waals surface area contributed by atoms with Gasteiger partial charge in [-0.2, -0.15) is 4.31 Å². The molecule has 1 fully saturated rings. The number of hydrazine groups is 1. The van der Waals surface area contributed by atoms with Crippen LogP contribution in [-0.2, 0) is 19.6 Å². The number of nitrogens with zero attached hydrogens (tertiary/aromatic N) is 1. The van der Waals surface area contributed by atoms with Crippen molar-refractivity contribution in [3.05, 3.63) is 65.7 Å². The Bertz CT molecular complexity index is 1130. The summed E-state index contributed by atoms with van der Waals surface area (Å²) in [6.07, 6.45) is 0. The Labute approximate surface area is 198 Å². The van der Waals surface area contributed by atoms with Gasteiger partial charge >= 0.3 is 0 Å². The number of hydrogen-bond acceptors (Lipinski definition) is 6. The minimum Gasteiger partial charge on any atom is -0.379 e. The summed E-state index contributed by atoms with van der Waals surface area (Å²) in [4.78, 5) is 37.7. The van der Waals surface area contributed by atoms with Crippen LogP contribution in [0, 0.1) is 5.92 Å². The Balaban J connectivity index is 1.68. The van der Waals surface area contributed by atoms with Gasteiger partial charge in [0.25, 0.3) is 17.7 Å². The normalized spacial score (nSPS) is 15.4. The Morgan fingerprint density at radius 1 is 0.882 bits per heavy atom. The molecule has 1 heterocycles. The first kappa shape index (κ1) is 25.3. The summed E-state index contributed by atoms with van der Waals surface area (Å²) in [6.45, 7) is 4.58. The Morgan fingerprint density at radius 3 is 2.18 bits per heavy atom. The number of hydrogen-bond donors (Lipinski definition) is 3. The summed E-state index contributed by atoms with van der Waals surface area (Å²) in [6, 6.07) is 13.0. The number of sulfonamides is 1. The third kappa shape index (κ3) is 6.19. The fourth-order valence-electron chi connectivity index (χ4n) is 3.35. The molecular formula is C23H28N4O6S. The average molecular weight is 489 g/mol. The molecule has 2 aromatic carbocycles.